The minimum Gasteiger partial charge on any atom is -0.311 e. The molecule has 0 spiro atoms. The third-order valence-corrected chi connectivity index (χ3v) is 6.49. The van der Waals surface area contributed by atoms with Crippen LogP contribution < -0.4 is 5.32 Å². The monoisotopic (exact) mass is 293 g/mol. The molecule has 1 atom stereocenters. The second-order valence-electron chi connectivity index (χ2n) is 7.50. The van der Waals surface area contributed by atoms with E-state index in [1.807, 2.05) is 11.7 Å². The SMILES string of the molecule is CNC(c1c(Cl)cnn1C)C12CC3CC(CC(C3)C1)C2. The van der Waals surface area contributed by atoms with E-state index >= 15 is 0 Å². The fraction of sp³-hybridized carbons (Fsp3) is 0.812. The molecule has 20 heavy (non-hydrogen) atoms. The van der Waals surface area contributed by atoms with Gasteiger partial charge >= 0.3 is 0 Å². The molecule has 1 heterocycles. The number of aromatic nitrogens is 2. The van der Waals surface area contributed by atoms with Gasteiger partial charge in [-0.05, 0) is 68.7 Å². The molecule has 1 aromatic heterocycles. The van der Waals surface area contributed by atoms with Crippen molar-refractivity contribution in [3.63, 3.8) is 0 Å². The van der Waals surface area contributed by atoms with Gasteiger partial charge < -0.3 is 5.32 Å². The largest absolute Gasteiger partial charge is 0.311 e. The minimum atomic E-state index is 0.357. The van der Waals surface area contributed by atoms with E-state index in [-0.39, 0.29) is 0 Å². The van der Waals surface area contributed by atoms with Crippen LogP contribution in [0.15, 0.2) is 6.20 Å². The van der Waals surface area contributed by atoms with Crippen molar-refractivity contribution in [2.24, 2.45) is 30.2 Å². The van der Waals surface area contributed by atoms with Crippen molar-refractivity contribution in [2.45, 2.75) is 44.6 Å². The van der Waals surface area contributed by atoms with Crippen LogP contribution >= 0.6 is 11.6 Å². The highest BCUT2D eigenvalue weighted by atomic mass is 35.5. The molecule has 0 amide bonds. The summed E-state index contributed by atoms with van der Waals surface area (Å²) in [5.41, 5.74) is 1.61. The average molecular weight is 294 g/mol. The average Bonchev–Trinajstić information content (AvgIpc) is 2.70. The lowest BCUT2D eigenvalue weighted by molar-refractivity contribution is -0.0749. The Morgan fingerprint density at radius 1 is 1.25 bits per heavy atom. The number of aryl methyl sites for hydroxylation is 1. The molecular weight excluding hydrogens is 270 g/mol. The van der Waals surface area contributed by atoms with Crippen LogP contribution in [-0.2, 0) is 7.05 Å². The van der Waals surface area contributed by atoms with Crippen molar-refractivity contribution < 1.29 is 0 Å². The molecule has 110 valence electrons. The van der Waals surface area contributed by atoms with Crippen LogP contribution in [-0.4, -0.2) is 16.8 Å². The minimum absolute atomic E-state index is 0.357. The van der Waals surface area contributed by atoms with Crippen molar-refractivity contribution in [3.05, 3.63) is 16.9 Å². The molecule has 1 N–H and O–H groups in total. The van der Waals surface area contributed by atoms with Gasteiger partial charge in [-0.25, -0.2) is 0 Å². The van der Waals surface area contributed by atoms with Gasteiger partial charge in [-0.2, -0.15) is 5.10 Å². The van der Waals surface area contributed by atoms with Crippen molar-refractivity contribution in [1.82, 2.24) is 15.1 Å². The molecular formula is C16H24ClN3. The number of nitrogens with zero attached hydrogens (tertiary/aromatic N) is 2. The van der Waals surface area contributed by atoms with Gasteiger partial charge in [-0.1, -0.05) is 11.6 Å². The second-order valence-corrected chi connectivity index (χ2v) is 7.91. The second kappa shape index (κ2) is 4.48. The van der Waals surface area contributed by atoms with E-state index in [0.29, 0.717) is 11.5 Å². The Morgan fingerprint density at radius 2 is 1.80 bits per heavy atom. The number of nitrogens with one attached hydrogen (secondary N) is 1. The Morgan fingerprint density at radius 3 is 2.20 bits per heavy atom. The molecule has 4 fully saturated rings. The van der Waals surface area contributed by atoms with Gasteiger partial charge in [0.05, 0.1) is 23.0 Å². The van der Waals surface area contributed by atoms with E-state index in [1.54, 1.807) is 6.20 Å². The smallest absolute Gasteiger partial charge is 0.0834 e. The van der Waals surface area contributed by atoms with Crippen LogP contribution in [0.4, 0.5) is 0 Å². The molecule has 3 nitrogen and oxygen atoms in total. The fourth-order valence-corrected chi connectivity index (χ4v) is 6.28. The number of hydrogen-bond donors (Lipinski definition) is 1. The first-order chi connectivity index (χ1) is 9.61. The first-order valence-electron chi connectivity index (χ1n) is 7.96. The summed E-state index contributed by atoms with van der Waals surface area (Å²) < 4.78 is 1.97. The summed E-state index contributed by atoms with van der Waals surface area (Å²) in [6.07, 6.45) is 10.4. The Kier molecular flexibility index (Phi) is 2.94. The molecule has 4 heteroatoms. The van der Waals surface area contributed by atoms with Gasteiger partial charge in [-0.3, -0.25) is 4.68 Å². The van der Waals surface area contributed by atoms with Crippen molar-refractivity contribution >= 4 is 11.6 Å². The molecule has 1 unspecified atom stereocenters. The highest BCUT2D eigenvalue weighted by Crippen LogP contribution is 2.64. The lowest BCUT2D eigenvalue weighted by Crippen LogP contribution is -2.51. The zero-order valence-corrected chi connectivity index (χ0v) is 13.2. The maximum absolute atomic E-state index is 6.44. The maximum Gasteiger partial charge on any atom is 0.0834 e. The maximum atomic E-state index is 6.44. The van der Waals surface area contributed by atoms with Gasteiger partial charge in [0.15, 0.2) is 0 Å². The van der Waals surface area contributed by atoms with Crippen molar-refractivity contribution in [3.8, 4) is 0 Å². The van der Waals surface area contributed by atoms with Crippen LogP contribution in [0.1, 0.15) is 50.3 Å². The van der Waals surface area contributed by atoms with E-state index in [1.165, 1.54) is 44.2 Å². The topological polar surface area (TPSA) is 29.9 Å². The quantitative estimate of drug-likeness (QED) is 0.923. The molecule has 5 rings (SSSR count). The van der Waals surface area contributed by atoms with Gasteiger partial charge in [0, 0.05) is 7.05 Å². The van der Waals surface area contributed by atoms with E-state index < -0.39 is 0 Å². The van der Waals surface area contributed by atoms with Crippen LogP contribution in [0, 0.1) is 23.2 Å². The van der Waals surface area contributed by atoms with Crippen LogP contribution in [0.3, 0.4) is 0 Å². The van der Waals surface area contributed by atoms with E-state index in [2.05, 4.69) is 17.5 Å². The molecule has 0 saturated heterocycles. The van der Waals surface area contributed by atoms with Gasteiger partial charge in [0.1, 0.15) is 0 Å². The summed E-state index contributed by atoms with van der Waals surface area (Å²) in [5.74, 6) is 2.89. The van der Waals surface area contributed by atoms with Crippen LogP contribution in [0.2, 0.25) is 5.02 Å². The Hall–Kier alpha value is -0.540. The molecule has 1 aromatic rings. The first-order valence-corrected chi connectivity index (χ1v) is 8.34. The predicted octanol–water partition coefficient (Wildman–Crippen LogP) is 3.55. The van der Waals surface area contributed by atoms with Gasteiger partial charge in [-0.15, -0.1) is 0 Å². The summed E-state index contributed by atoms with van der Waals surface area (Å²) >= 11 is 6.44. The van der Waals surface area contributed by atoms with E-state index in [4.69, 9.17) is 11.6 Å². The number of hydrogen-bond acceptors (Lipinski definition) is 2. The predicted molar refractivity (Wildman–Crippen MR) is 80.6 cm³/mol. The highest BCUT2D eigenvalue weighted by molar-refractivity contribution is 6.31. The number of halogens is 1. The summed E-state index contributed by atoms with van der Waals surface area (Å²) in [6.45, 7) is 0. The summed E-state index contributed by atoms with van der Waals surface area (Å²) in [7, 11) is 4.11. The van der Waals surface area contributed by atoms with Crippen LogP contribution in [0.5, 0.6) is 0 Å². The highest BCUT2D eigenvalue weighted by Gasteiger charge is 2.54. The summed E-state index contributed by atoms with van der Waals surface area (Å²) in [4.78, 5) is 0. The first kappa shape index (κ1) is 13.1. The van der Waals surface area contributed by atoms with Crippen LogP contribution in [0.25, 0.3) is 0 Å². The molecule has 4 bridgehead atoms. The Balaban J connectivity index is 1.74. The van der Waals surface area contributed by atoms with Gasteiger partial charge in [0.2, 0.25) is 0 Å². The lowest BCUT2D eigenvalue weighted by atomic mass is 9.47. The summed E-state index contributed by atoms with van der Waals surface area (Å²) in [6, 6.07) is 0.357. The molecule has 0 radical (unpaired) electrons. The Bertz CT molecular complexity index is 467. The summed E-state index contributed by atoms with van der Waals surface area (Å²) in [5, 5.41) is 8.78. The molecule has 4 saturated carbocycles. The fourth-order valence-electron chi connectivity index (χ4n) is 6.01. The molecule has 0 aromatic carbocycles. The van der Waals surface area contributed by atoms with E-state index in [0.717, 1.165) is 22.8 Å². The standard InChI is InChI=1S/C16H24ClN3/c1-18-15(14-13(17)9-19-20(14)2)16-6-10-3-11(7-16)5-12(4-10)8-16/h9-12,15,18H,3-8H2,1-2H3. The normalized spacial score (nSPS) is 40.2. The zero-order valence-electron chi connectivity index (χ0n) is 12.4. The molecule has 0 aliphatic heterocycles. The third kappa shape index (κ3) is 1.79. The molecule has 4 aliphatic rings. The van der Waals surface area contributed by atoms with Gasteiger partial charge in [0.25, 0.3) is 0 Å². The molecule has 4 aliphatic carbocycles. The third-order valence-electron chi connectivity index (χ3n) is 6.20. The lowest BCUT2D eigenvalue weighted by Gasteiger charge is -2.59. The Labute approximate surface area is 126 Å². The van der Waals surface area contributed by atoms with Crippen molar-refractivity contribution in [1.29, 1.82) is 0 Å². The zero-order chi connectivity index (χ0) is 13.9. The van der Waals surface area contributed by atoms with Crippen molar-refractivity contribution in [2.75, 3.05) is 7.05 Å². The number of rotatable bonds is 3. The van der Waals surface area contributed by atoms with E-state index in [9.17, 15) is 0 Å².